The summed E-state index contributed by atoms with van der Waals surface area (Å²) in [4.78, 5) is 0. The van der Waals surface area contributed by atoms with Crippen molar-refractivity contribution in [2.45, 2.75) is 13.2 Å². The first kappa shape index (κ1) is 19.0. The zero-order valence-corrected chi connectivity index (χ0v) is 14.8. The molecule has 6 heteroatoms. The Morgan fingerprint density at radius 1 is 1.00 bits per heavy atom. The number of ether oxygens (including phenoxy) is 2. The van der Waals surface area contributed by atoms with Crippen LogP contribution in [0.4, 0.5) is 0 Å². The Morgan fingerprint density at radius 2 is 1.75 bits per heavy atom. The van der Waals surface area contributed by atoms with Gasteiger partial charge in [-0.25, -0.2) is 0 Å². The van der Waals surface area contributed by atoms with Crippen molar-refractivity contribution in [3.8, 4) is 5.75 Å². The third-order valence-corrected chi connectivity index (χ3v) is 4.04. The van der Waals surface area contributed by atoms with Crippen LogP contribution in [0.15, 0.2) is 42.5 Å². The number of benzene rings is 2. The highest BCUT2D eigenvalue weighted by atomic mass is 35.5. The van der Waals surface area contributed by atoms with Crippen molar-refractivity contribution in [2.75, 3.05) is 26.4 Å². The van der Waals surface area contributed by atoms with Crippen LogP contribution in [0.25, 0.3) is 0 Å². The molecule has 4 nitrogen and oxygen atoms in total. The van der Waals surface area contributed by atoms with Crippen LogP contribution in [-0.2, 0) is 17.9 Å². The van der Waals surface area contributed by atoms with Crippen molar-refractivity contribution >= 4 is 23.2 Å². The van der Waals surface area contributed by atoms with Crippen molar-refractivity contribution in [1.82, 2.24) is 5.32 Å². The Bertz CT molecular complexity index is 617. The molecule has 0 spiro atoms. The minimum Gasteiger partial charge on any atom is -0.489 e. The molecule has 0 radical (unpaired) electrons. The Labute approximate surface area is 152 Å². The van der Waals surface area contributed by atoms with Gasteiger partial charge in [-0.2, -0.15) is 0 Å². The predicted molar refractivity (Wildman–Crippen MR) is 96.8 cm³/mol. The number of aliphatic hydroxyl groups is 1. The number of hydrogen-bond donors (Lipinski definition) is 2. The first-order valence-corrected chi connectivity index (χ1v) is 8.50. The van der Waals surface area contributed by atoms with E-state index in [1.54, 1.807) is 12.1 Å². The Hall–Kier alpha value is -1.30. The highest BCUT2D eigenvalue weighted by Crippen LogP contribution is 2.26. The number of rotatable bonds is 10. The quantitative estimate of drug-likeness (QED) is 0.627. The molecule has 0 unspecified atom stereocenters. The van der Waals surface area contributed by atoms with Crippen molar-refractivity contribution in [3.63, 3.8) is 0 Å². The Kier molecular flexibility index (Phi) is 8.36. The summed E-state index contributed by atoms with van der Waals surface area (Å²) in [7, 11) is 0. The predicted octanol–water partition coefficient (Wildman–Crippen LogP) is 3.67. The second-order valence-corrected chi connectivity index (χ2v) is 5.96. The number of nitrogens with one attached hydrogen (secondary N) is 1. The molecule has 0 atom stereocenters. The number of halogens is 2. The SMILES string of the molecule is OCCOCCNCc1cccc(OCc2c(Cl)cccc2Cl)c1. The summed E-state index contributed by atoms with van der Waals surface area (Å²) >= 11 is 12.3. The molecule has 0 aliphatic heterocycles. The second-order valence-electron chi connectivity index (χ2n) is 5.15. The van der Waals surface area contributed by atoms with Gasteiger partial charge in [0.15, 0.2) is 0 Å². The zero-order chi connectivity index (χ0) is 17.2. The summed E-state index contributed by atoms with van der Waals surface area (Å²) in [5.41, 5.74) is 1.89. The van der Waals surface area contributed by atoms with Crippen LogP contribution in [0.3, 0.4) is 0 Å². The highest BCUT2D eigenvalue weighted by Gasteiger charge is 2.06. The average molecular weight is 370 g/mol. The van der Waals surface area contributed by atoms with Gasteiger partial charge in [0.05, 0.1) is 19.8 Å². The fraction of sp³-hybridized carbons (Fsp3) is 0.333. The van der Waals surface area contributed by atoms with Crippen molar-refractivity contribution in [2.24, 2.45) is 0 Å². The van der Waals surface area contributed by atoms with Gasteiger partial charge in [-0.3, -0.25) is 0 Å². The maximum atomic E-state index is 8.62. The van der Waals surface area contributed by atoms with Gasteiger partial charge in [-0.15, -0.1) is 0 Å². The van der Waals surface area contributed by atoms with Crippen molar-refractivity contribution in [1.29, 1.82) is 0 Å². The van der Waals surface area contributed by atoms with E-state index in [0.717, 1.165) is 23.4 Å². The van der Waals surface area contributed by atoms with Crippen molar-refractivity contribution < 1.29 is 14.6 Å². The van der Waals surface area contributed by atoms with Crippen LogP contribution in [0.5, 0.6) is 5.75 Å². The largest absolute Gasteiger partial charge is 0.489 e. The van der Waals surface area contributed by atoms with E-state index in [1.807, 2.05) is 30.3 Å². The molecule has 0 fully saturated rings. The van der Waals surface area contributed by atoms with E-state index in [0.29, 0.717) is 36.4 Å². The first-order chi connectivity index (χ1) is 11.7. The third kappa shape index (κ3) is 6.30. The summed E-state index contributed by atoms with van der Waals surface area (Å²) in [5.74, 6) is 0.766. The molecule has 2 aromatic rings. The molecule has 2 N–H and O–H groups in total. The molecule has 0 amide bonds. The van der Waals surface area contributed by atoms with Gasteiger partial charge in [0.1, 0.15) is 12.4 Å². The van der Waals surface area contributed by atoms with Gasteiger partial charge in [-0.1, -0.05) is 41.4 Å². The molecule has 0 saturated heterocycles. The van der Waals surface area contributed by atoms with Gasteiger partial charge >= 0.3 is 0 Å². The summed E-state index contributed by atoms with van der Waals surface area (Å²) in [6.45, 7) is 2.75. The Balaban J connectivity index is 1.82. The Morgan fingerprint density at radius 3 is 2.50 bits per heavy atom. The molecular formula is C18H21Cl2NO3. The van der Waals surface area contributed by atoms with Crippen LogP contribution in [0.1, 0.15) is 11.1 Å². The van der Waals surface area contributed by atoms with E-state index in [2.05, 4.69) is 5.32 Å². The smallest absolute Gasteiger partial charge is 0.120 e. The average Bonchev–Trinajstić information content (AvgIpc) is 2.58. The second kappa shape index (κ2) is 10.5. The monoisotopic (exact) mass is 369 g/mol. The summed E-state index contributed by atoms with van der Waals surface area (Å²) in [6, 6.07) is 13.3. The van der Waals surface area contributed by atoms with E-state index in [1.165, 1.54) is 0 Å². The zero-order valence-electron chi connectivity index (χ0n) is 13.3. The lowest BCUT2D eigenvalue weighted by atomic mass is 10.2. The van der Waals surface area contributed by atoms with Crippen LogP contribution in [0.2, 0.25) is 10.0 Å². The molecule has 2 rings (SSSR count). The van der Waals surface area contributed by atoms with Gasteiger partial charge in [0.25, 0.3) is 0 Å². The minimum absolute atomic E-state index is 0.0504. The molecule has 0 aromatic heterocycles. The standard InChI is InChI=1S/C18H21Cl2NO3/c19-17-5-2-6-18(20)16(17)13-24-15-4-1-3-14(11-15)12-21-7-9-23-10-8-22/h1-6,11,21-22H,7-10,12-13H2. The van der Waals surface area contributed by atoms with Crippen LogP contribution in [-0.4, -0.2) is 31.5 Å². The molecule has 24 heavy (non-hydrogen) atoms. The van der Waals surface area contributed by atoms with E-state index in [-0.39, 0.29) is 6.61 Å². The van der Waals surface area contributed by atoms with E-state index in [4.69, 9.17) is 37.8 Å². The summed E-state index contributed by atoms with van der Waals surface area (Å²) < 4.78 is 11.0. The van der Waals surface area contributed by atoms with E-state index < -0.39 is 0 Å². The first-order valence-electron chi connectivity index (χ1n) is 7.74. The molecule has 0 aliphatic carbocycles. The van der Waals surface area contributed by atoms with Gasteiger partial charge in [0, 0.05) is 28.7 Å². The molecule has 2 aromatic carbocycles. The fourth-order valence-corrected chi connectivity index (χ4v) is 2.62. The number of hydrogen-bond acceptors (Lipinski definition) is 4. The highest BCUT2D eigenvalue weighted by molar-refractivity contribution is 6.35. The van der Waals surface area contributed by atoms with Gasteiger partial charge in [-0.05, 0) is 29.8 Å². The van der Waals surface area contributed by atoms with Crippen LogP contribution < -0.4 is 10.1 Å². The van der Waals surface area contributed by atoms with Crippen molar-refractivity contribution in [3.05, 3.63) is 63.6 Å². The molecule has 0 bridgehead atoms. The molecule has 0 heterocycles. The van der Waals surface area contributed by atoms with Gasteiger partial charge in [0.2, 0.25) is 0 Å². The topological polar surface area (TPSA) is 50.7 Å². The number of aliphatic hydroxyl groups excluding tert-OH is 1. The van der Waals surface area contributed by atoms with Crippen LogP contribution >= 0.6 is 23.2 Å². The van der Waals surface area contributed by atoms with Gasteiger partial charge < -0.3 is 19.9 Å². The minimum atomic E-state index is 0.0504. The normalized spacial score (nSPS) is 10.8. The summed E-state index contributed by atoms with van der Waals surface area (Å²) in [6.07, 6.45) is 0. The lowest BCUT2D eigenvalue weighted by Crippen LogP contribution is -2.20. The fourth-order valence-electron chi connectivity index (χ4n) is 2.11. The third-order valence-electron chi connectivity index (χ3n) is 3.33. The summed E-state index contributed by atoms with van der Waals surface area (Å²) in [5, 5.41) is 13.1. The maximum absolute atomic E-state index is 8.62. The van der Waals surface area contributed by atoms with E-state index in [9.17, 15) is 0 Å². The molecule has 130 valence electrons. The maximum Gasteiger partial charge on any atom is 0.120 e. The van der Waals surface area contributed by atoms with Crippen LogP contribution in [0, 0.1) is 0 Å². The van der Waals surface area contributed by atoms with E-state index >= 15 is 0 Å². The lowest BCUT2D eigenvalue weighted by Gasteiger charge is -2.11. The molecular weight excluding hydrogens is 349 g/mol. The molecule has 0 aliphatic rings. The lowest BCUT2D eigenvalue weighted by molar-refractivity contribution is 0.0938. The molecule has 0 saturated carbocycles.